The zero-order chi connectivity index (χ0) is 14.9. The molecule has 1 aromatic heterocycles. The van der Waals surface area contributed by atoms with Crippen LogP contribution in [0.25, 0.3) is 0 Å². The number of hydrogen-bond acceptors (Lipinski definition) is 6. The number of rotatable bonds is 4. The minimum absolute atomic E-state index is 0.000358. The molecular formula is C10H7Cl3N2O4S. The van der Waals surface area contributed by atoms with E-state index in [9.17, 15) is 8.42 Å². The van der Waals surface area contributed by atoms with Crippen LogP contribution in [-0.4, -0.2) is 18.6 Å². The van der Waals surface area contributed by atoms with Crippen molar-refractivity contribution < 1.29 is 17.7 Å². The molecule has 0 radical (unpaired) electrons. The third kappa shape index (κ3) is 3.35. The van der Waals surface area contributed by atoms with Crippen molar-refractivity contribution in [3.63, 3.8) is 0 Å². The maximum Gasteiger partial charge on any atom is 0.262 e. The number of benzene rings is 1. The second-order valence-electron chi connectivity index (χ2n) is 3.65. The molecule has 1 aromatic carbocycles. The fourth-order valence-electron chi connectivity index (χ4n) is 1.36. The molecule has 0 fully saturated rings. The molecule has 2 aromatic rings. The maximum atomic E-state index is 11.2. The molecule has 6 nitrogen and oxygen atoms in total. The smallest absolute Gasteiger partial charge is 0.262 e. The summed E-state index contributed by atoms with van der Waals surface area (Å²) in [5, 5.41) is 3.37. The molecule has 0 bridgehead atoms. The molecule has 0 atom stereocenters. The van der Waals surface area contributed by atoms with Crippen LogP contribution in [0.1, 0.15) is 11.7 Å². The lowest BCUT2D eigenvalue weighted by Crippen LogP contribution is -2.00. The molecule has 0 amide bonds. The van der Waals surface area contributed by atoms with Gasteiger partial charge >= 0.3 is 0 Å². The monoisotopic (exact) mass is 356 g/mol. The molecule has 0 saturated carbocycles. The van der Waals surface area contributed by atoms with E-state index >= 15 is 0 Å². The highest BCUT2D eigenvalue weighted by molar-refractivity contribution is 8.13. The summed E-state index contributed by atoms with van der Waals surface area (Å²) in [5.74, 6) is 0.906. The first-order valence-corrected chi connectivity index (χ1v) is 8.20. The molecular weight excluding hydrogens is 351 g/mol. The van der Waals surface area contributed by atoms with Crippen LogP contribution in [0, 0.1) is 6.92 Å². The molecule has 0 aliphatic carbocycles. The first-order valence-electron chi connectivity index (χ1n) is 5.13. The molecule has 0 N–H and O–H groups in total. The van der Waals surface area contributed by atoms with E-state index in [0.29, 0.717) is 11.7 Å². The first kappa shape index (κ1) is 15.4. The topological polar surface area (TPSA) is 82.3 Å². The lowest BCUT2D eigenvalue weighted by Gasteiger charge is -2.09. The van der Waals surface area contributed by atoms with E-state index in [1.807, 2.05) is 0 Å². The van der Waals surface area contributed by atoms with Gasteiger partial charge in [-0.2, -0.15) is 4.98 Å². The average Bonchev–Trinajstić information content (AvgIpc) is 2.75. The number of nitrogens with zero attached hydrogens (tertiary/aromatic N) is 2. The minimum atomic E-state index is -3.98. The van der Waals surface area contributed by atoms with Crippen LogP contribution in [0.2, 0.25) is 10.0 Å². The molecule has 0 unspecified atom stereocenters. The summed E-state index contributed by atoms with van der Waals surface area (Å²) < 4.78 is 32.6. The molecule has 108 valence electrons. The van der Waals surface area contributed by atoms with Gasteiger partial charge in [-0.3, -0.25) is 0 Å². The normalized spacial score (nSPS) is 11.6. The summed E-state index contributed by atoms with van der Waals surface area (Å²) in [6.07, 6.45) is 0. The Morgan fingerprint density at radius 2 is 2.00 bits per heavy atom. The summed E-state index contributed by atoms with van der Waals surface area (Å²) in [5.41, 5.74) is 0. The molecule has 0 spiro atoms. The van der Waals surface area contributed by atoms with E-state index in [0.717, 1.165) is 0 Å². The average molecular weight is 358 g/mol. The summed E-state index contributed by atoms with van der Waals surface area (Å²) in [7, 11) is 1.24. The molecule has 20 heavy (non-hydrogen) atoms. The minimum Gasteiger partial charge on any atom is -0.484 e. The fourth-order valence-corrected chi connectivity index (χ4v) is 3.14. The van der Waals surface area contributed by atoms with Gasteiger partial charge in [-0.1, -0.05) is 28.4 Å². The molecule has 1 heterocycles. The van der Waals surface area contributed by atoms with Crippen molar-refractivity contribution in [1.29, 1.82) is 0 Å². The highest BCUT2D eigenvalue weighted by Gasteiger charge is 2.20. The van der Waals surface area contributed by atoms with E-state index in [4.69, 9.17) is 43.1 Å². The zero-order valence-electron chi connectivity index (χ0n) is 9.93. The standard InChI is InChI=1S/C10H7Cl3N2O4S/c1-5-14-8(15-19-5)4-18-6-2-3-7(20(13,16)17)10(12)9(6)11/h2-3H,4H2,1H3. The van der Waals surface area contributed by atoms with Gasteiger partial charge in [0.15, 0.2) is 6.61 Å². The summed E-state index contributed by atoms with van der Waals surface area (Å²) in [4.78, 5) is 3.66. The largest absolute Gasteiger partial charge is 0.484 e. The Kier molecular flexibility index (Phi) is 4.43. The quantitative estimate of drug-likeness (QED) is 0.782. The summed E-state index contributed by atoms with van der Waals surface area (Å²) >= 11 is 11.8. The van der Waals surface area contributed by atoms with Gasteiger partial charge in [0, 0.05) is 17.6 Å². The maximum absolute atomic E-state index is 11.2. The molecule has 10 heteroatoms. The van der Waals surface area contributed by atoms with Crippen molar-refractivity contribution in [2.45, 2.75) is 18.4 Å². The summed E-state index contributed by atoms with van der Waals surface area (Å²) in [6.45, 7) is 1.64. The Morgan fingerprint density at radius 3 is 2.55 bits per heavy atom. The van der Waals surface area contributed by atoms with E-state index in [1.165, 1.54) is 12.1 Å². The SMILES string of the molecule is Cc1nc(COc2ccc(S(=O)(=O)Cl)c(Cl)c2Cl)no1. The zero-order valence-corrected chi connectivity index (χ0v) is 13.0. The van der Waals surface area contributed by atoms with Crippen LogP contribution >= 0.6 is 33.9 Å². The van der Waals surface area contributed by atoms with Gasteiger partial charge in [-0.25, -0.2) is 8.42 Å². The van der Waals surface area contributed by atoms with Gasteiger partial charge in [0.2, 0.25) is 11.7 Å². The number of ether oxygens (including phenoxy) is 1. The second-order valence-corrected chi connectivity index (χ2v) is 6.94. The van der Waals surface area contributed by atoms with Crippen molar-refractivity contribution in [2.24, 2.45) is 0 Å². The third-order valence-electron chi connectivity index (χ3n) is 2.20. The highest BCUT2D eigenvalue weighted by atomic mass is 35.7. The van der Waals surface area contributed by atoms with Gasteiger partial charge in [0.25, 0.3) is 9.05 Å². The molecule has 0 aliphatic heterocycles. The number of halogens is 3. The van der Waals surface area contributed by atoms with Gasteiger partial charge in [0.05, 0.1) is 5.02 Å². The van der Waals surface area contributed by atoms with Gasteiger partial charge in [0.1, 0.15) is 15.7 Å². The number of aromatic nitrogens is 2. The Labute approximate surface area is 129 Å². The Hall–Kier alpha value is -1.02. The predicted octanol–water partition coefficient (Wildman–Crippen LogP) is 3.19. The van der Waals surface area contributed by atoms with E-state index < -0.39 is 9.05 Å². The van der Waals surface area contributed by atoms with E-state index in [2.05, 4.69) is 10.1 Å². The first-order chi connectivity index (χ1) is 9.29. The Balaban J connectivity index is 2.24. The van der Waals surface area contributed by atoms with Crippen LogP contribution in [0.3, 0.4) is 0 Å². The summed E-state index contributed by atoms with van der Waals surface area (Å²) in [6, 6.07) is 2.55. The van der Waals surface area contributed by atoms with Crippen molar-refractivity contribution in [2.75, 3.05) is 0 Å². The second kappa shape index (κ2) is 5.77. The van der Waals surface area contributed by atoms with Gasteiger partial charge in [-0.05, 0) is 12.1 Å². The van der Waals surface area contributed by atoms with Crippen LogP contribution in [0.4, 0.5) is 0 Å². The Morgan fingerprint density at radius 1 is 1.30 bits per heavy atom. The van der Waals surface area contributed by atoms with Crippen molar-refractivity contribution in [1.82, 2.24) is 10.1 Å². The predicted molar refractivity (Wildman–Crippen MR) is 72.9 cm³/mol. The van der Waals surface area contributed by atoms with Gasteiger partial charge < -0.3 is 9.26 Å². The fraction of sp³-hybridized carbons (Fsp3) is 0.200. The van der Waals surface area contributed by atoms with Crippen molar-refractivity contribution in [3.8, 4) is 5.75 Å². The molecule has 0 aliphatic rings. The van der Waals surface area contributed by atoms with Crippen LogP contribution < -0.4 is 4.74 Å². The lowest BCUT2D eigenvalue weighted by molar-refractivity contribution is 0.286. The number of aryl methyl sites for hydroxylation is 1. The number of hydrogen-bond donors (Lipinski definition) is 0. The Bertz CT molecular complexity index is 745. The van der Waals surface area contributed by atoms with Crippen molar-refractivity contribution in [3.05, 3.63) is 33.9 Å². The van der Waals surface area contributed by atoms with E-state index in [-0.39, 0.29) is 27.3 Å². The van der Waals surface area contributed by atoms with Crippen LogP contribution in [0.5, 0.6) is 5.75 Å². The molecule has 0 saturated heterocycles. The lowest BCUT2D eigenvalue weighted by atomic mass is 10.3. The van der Waals surface area contributed by atoms with Crippen LogP contribution in [0.15, 0.2) is 21.6 Å². The third-order valence-corrected chi connectivity index (χ3v) is 4.54. The van der Waals surface area contributed by atoms with Crippen molar-refractivity contribution >= 4 is 42.9 Å². The van der Waals surface area contributed by atoms with Crippen LogP contribution in [-0.2, 0) is 15.7 Å². The molecule has 2 rings (SSSR count). The van der Waals surface area contributed by atoms with E-state index in [1.54, 1.807) is 6.92 Å². The van der Waals surface area contributed by atoms with Gasteiger partial charge in [-0.15, -0.1) is 0 Å². The highest BCUT2D eigenvalue weighted by Crippen LogP contribution is 2.38.